The number of aromatic nitrogens is 1. The Morgan fingerprint density at radius 2 is 2.11 bits per heavy atom. The monoisotopic (exact) mass is 484 g/mol. The summed E-state index contributed by atoms with van der Waals surface area (Å²) in [6, 6.07) is 8.16. The van der Waals surface area contributed by atoms with Crippen LogP contribution in [0.2, 0.25) is 0 Å². The summed E-state index contributed by atoms with van der Waals surface area (Å²) in [6.45, 7) is 8.11. The SMILES string of the molecule is CCNC(=NCc1coc(-c2ccc(C)cc2)n1)N(C)CC1CCOC1.I. The topological polar surface area (TPSA) is 62.9 Å². The zero-order valence-electron chi connectivity index (χ0n) is 16.3. The molecule has 0 saturated carbocycles. The molecule has 1 unspecified atom stereocenters. The molecule has 0 bridgehead atoms. The van der Waals surface area contributed by atoms with E-state index in [0.29, 0.717) is 18.4 Å². The Hall–Kier alpha value is -1.61. The van der Waals surface area contributed by atoms with Gasteiger partial charge in [0.15, 0.2) is 5.96 Å². The van der Waals surface area contributed by atoms with E-state index >= 15 is 0 Å². The standard InChI is InChI=1S/C20H28N4O2.HI/c1-4-21-20(24(3)12-16-9-10-25-13-16)22-11-18-14-26-19(23-18)17-7-5-15(2)6-8-17;/h5-8,14,16H,4,9-13H2,1-3H3,(H,21,22);1H. The molecule has 6 nitrogen and oxygen atoms in total. The first-order valence-electron chi connectivity index (χ1n) is 9.24. The Balaban J connectivity index is 0.00000261. The van der Waals surface area contributed by atoms with E-state index in [9.17, 15) is 0 Å². The van der Waals surface area contributed by atoms with E-state index in [1.807, 2.05) is 12.1 Å². The fraction of sp³-hybridized carbons (Fsp3) is 0.500. The number of hydrogen-bond acceptors (Lipinski definition) is 4. The maximum Gasteiger partial charge on any atom is 0.226 e. The van der Waals surface area contributed by atoms with E-state index in [4.69, 9.17) is 14.1 Å². The predicted molar refractivity (Wildman–Crippen MR) is 118 cm³/mol. The molecule has 1 aromatic carbocycles. The molecule has 3 rings (SSSR count). The van der Waals surface area contributed by atoms with E-state index in [1.54, 1.807) is 6.26 Å². The molecule has 1 aliphatic rings. The van der Waals surface area contributed by atoms with E-state index in [2.05, 4.69) is 48.2 Å². The molecule has 1 aliphatic heterocycles. The molecule has 1 N–H and O–H groups in total. The number of oxazole rings is 1. The summed E-state index contributed by atoms with van der Waals surface area (Å²) in [7, 11) is 2.07. The molecule has 7 heteroatoms. The molecule has 2 heterocycles. The van der Waals surface area contributed by atoms with Crippen molar-refractivity contribution < 1.29 is 9.15 Å². The van der Waals surface area contributed by atoms with Crippen LogP contribution in [-0.4, -0.2) is 49.2 Å². The largest absolute Gasteiger partial charge is 0.444 e. The van der Waals surface area contributed by atoms with Crippen molar-refractivity contribution >= 4 is 29.9 Å². The number of aliphatic imine (C=N–C) groups is 1. The van der Waals surface area contributed by atoms with Crippen LogP contribution in [0.25, 0.3) is 11.5 Å². The molecule has 1 fully saturated rings. The number of guanidine groups is 1. The molecule has 0 amide bonds. The molecular weight excluding hydrogens is 455 g/mol. The van der Waals surface area contributed by atoms with Crippen LogP contribution in [0.3, 0.4) is 0 Å². The number of benzene rings is 1. The van der Waals surface area contributed by atoms with Gasteiger partial charge >= 0.3 is 0 Å². The van der Waals surface area contributed by atoms with Gasteiger partial charge in [0.1, 0.15) is 12.0 Å². The number of halogens is 1. The summed E-state index contributed by atoms with van der Waals surface area (Å²) in [5.41, 5.74) is 3.03. The van der Waals surface area contributed by atoms with Crippen LogP contribution >= 0.6 is 24.0 Å². The van der Waals surface area contributed by atoms with Crippen molar-refractivity contribution in [2.24, 2.45) is 10.9 Å². The van der Waals surface area contributed by atoms with Crippen LogP contribution in [0.1, 0.15) is 24.6 Å². The van der Waals surface area contributed by atoms with Gasteiger partial charge in [-0.3, -0.25) is 0 Å². The van der Waals surface area contributed by atoms with Crippen molar-refractivity contribution in [1.82, 2.24) is 15.2 Å². The van der Waals surface area contributed by atoms with E-state index in [1.165, 1.54) is 5.56 Å². The van der Waals surface area contributed by atoms with Crippen LogP contribution in [0.15, 0.2) is 39.9 Å². The second-order valence-electron chi connectivity index (χ2n) is 6.79. The minimum absolute atomic E-state index is 0. The zero-order valence-corrected chi connectivity index (χ0v) is 18.6. The van der Waals surface area contributed by atoms with Gasteiger partial charge in [0.2, 0.25) is 5.89 Å². The zero-order chi connectivity index (χ0) is 18.4. The number of hydrogen-bond donors (Lipinski definition) is 1. The minimum atomic E-state index is 0. The molecule has 0 aliphatic carbocycles. The summed E-state index contributed by atoms with van der Waals surface area (Å²) in [5, 5.41) is 3.35. The lowest BCUT2D eigenvalue weighted by Gasteiger charge is -2.24. The summed E-state index contributed by atoms with van der Waals surface area (Å²) in [6.07, 6.45) is 2.81. The van der Waals surface area contributed by atoms with Gasteiger partial charge in [0.05, 0.1) is 13.2 Å². The molecule has 0 spiro atoms. The van der Waals surface area contributed by atoms with E-state index < -0.39 is 0 Å². The third kappa shape index (κ3) is 6.21. The summed E-state index contributed by atoms with van der Waals surface area (Å²) >= 11 is 0. The molecule has 1 atom stereocenters. The van der Waals surface area contributed by atoms with Crippen molar-refractivity contribution in [3.8, 4) is 11.5 Å². The molecule has 1 aromatic heterocycles. The predicted octanol–water partition coefficient (Wildman–Crippen LogP) is 3.70. The summed E-state index contributed by atoms with van der Waals surface area (Å²) < 4.78 is 11.1. The first kappa shape index (κ1) is 21.7. The van der Waals surface area contributed by atoms with Crippen molar-refractivity contribution in [2.45, 2.75) is 26.8 Å². The minimum Gasteiger partial charge on any atom is -0.444 e. The lowest BCUT2D eigenvalue weighted by molar-refractivity contribution is 0.181. The number of nitrogens with zero attached hydrogens (tertiary/aromatic N) is 3. The second kappa shape index (κ2) is 10.7. The Kier molecular flexibility index (Phi) is 8.56. The number of nitrogens with one attached hydrogen (secondary N) is 1. The number of ether oxygens (including phenoxy) is 1. The maximum atomic E-state index is 5.62. The smallest absolute Gasteiger partial charge is 0.226 e. The van der Waals surface area contributed by atoms with Gasteiger partial charge in [0, 0.05) is 38.2 Å². The third-order valence-corrected chi connectivity index (χ3v) is 4.49. The molecular formula is C20H29IN4O2. The Bertz CT molecular complexity index is 724. The highest BCUT2D eigenvalue weighted by Gasteiger charge is 2.19. The normalized spacial score (nSPS) is 16.9. The first-order valence-corrected chi connectivity index (χ1v) is 9.24. The van der Waals surface area contributed by atoms with Crippen molar-refractivity contribution in [3.05, 3.63) is 41.8 Å². The number of rotatable bonds is 6. The average Bonchev–Trinajstić information content (AvgIpc) is 3.31. The Morgan fingerprint density at radius 3 is 2.78 bits per heavy atom. The molecule has 1 saturated heterocycles. The van der Waals surface area contributed by atoms with Gasteiger partial charge in [-0.2, -0.15) is 0 Å². The quantitative estimate of drug-likeness (QED) is 0.385. The van der Waals surface area contributed by atoms with Crippen LogP contribution in [0.4, 0.5) is 0 Å². The highest BCUT2D eigenvalue weighted by molar-refractivity contribution is 14.0. The van der Waals surface area contributed by atoms with Crippen molar-refractivity contribution in [3.63, 3.8) is 0 Å². The number of aryl methyl sites for hydroxylation is 1. The van der Waals surface area contributed by atoms with Gasteiger partial charge in [-0.05, 0) is 32.4 Å². The van der Waals surface area contributed by atoms with Gasteiger partial charge in [-0.1, -0.05) is 17.7 Å². The van der Waals surface area contributed by atoms with E-state index in [-0.39, 0.29) is 24.0 Å². The lowest BCUT2D eigenvalue weighted by Crippen LogP contribution is -2.41. The molecule has 148 valence electrons. The fourth-order valence-corrected chi connectivity index (χ4v) is 3.03. The Labute approximate surface area is 178 Å². The highest BCUT2D eigenvalue weighted by Crippen LogP contribution is 2.19. The van der Waals surface area contributed by atoms with Crippen molar-refractivity contribution in [1.29, 1.82) is 0 Å². The van der Waals surface area contributed by atoms with Gasteiger partial charge < -0.3 is 19.4 Å². The van der Waals surface area contributed by atoms with Crippen LogP contribution < -0.4 is 5.32 Å². The second-order valence-corrected chi connectivity index (χ2v) is 6.79. The lowest BCUT2D eigenvalue weighted by atomic mass is 10.1. The molecule has 0 radical (unpaired) electrons. The highest BCUT2D eigenvalue weighted by atomic mass is 127. The van der Waals surface area contributed by atoms with Crippen LogP contribution in [-0.2, 0) is 11.3 Å². The van der Waals surface area contributed by atoms with Crippen LogP contribution in [0.5, 0.6) is 0 Å². The first-order chi connectivity index (χ1) is 12.7. The summed E-state index contributed by atoms with van der Waals surface area (Å²) in [4.78, 5) is 11.5. The maximum absolute atomic E-state index is 5.62. The van der Waals surface area contributed by atoms with Crippen LogP contribution in [0, 0.1) is 12.8 Å². The van der Waals surface area contributed by atoms with Gasteiger partial charge in [-0.15, -0.1) is 24.0 Å². The molecule has 27 heavy (non-hydrogen) atoms. The third-order valence-electron chi connectivity index (χ3n) is 4.49. The molecule has 2 aromatic rings. The van der Waals surface area contributed by atoms with Gasteiger partial charge in [0.25, 0.3) is 0 Å². The van der Waals surface area contributed by atoms with E-state index in [0.717, 1.165) is 49.9 Å². The Morgan fingerprint density at radius 1 is 1.33 bits per heavy atom. The van der Waals surface area contributed by atoms with Gasteiger partial charge in [-0.25, -0.2) is 9.98 Å². The summed E-state index contributed by atoms with van der Waals surface area (Å²) in [5.74, 6) is 2.10. The average molecular weight is 484 g/mol. The fourth-order valence-electron chi connectivity index (χ4n) is 3.03. The van der Waals surface area contributed by atoms with Crippen molar-refractivity contribution in [2.75, 3.05) is 33.4 Å².